The first-order chi connectivity index (χ1) is 11.8. The number of rotatable bonds is 5. The number of aryl methyl sites for hydroxylation is 1. The first-order valence-corrected chi connectivity index (χ1v) is 7.87. The molecule has 0 unspecified atom stereocenters. The molecule has 0 saturated heterocycles. The van der Waals surface area contributed by atoms with Crippen molar-refractivity contribution in [1.29, 1.82) is 0 Å². The van der Waals surface area contributed by atoms with Gasteiger partial charge in [-0.3, -0.25) is 4.79 Å². The number of anilines is 1. The number of amides is 1. The molecule has 2 rings (SSSR count). The fraction of sp³-hybridized carbons (Fsp3) is 0.263. The molecule has 2 aromatic rings. The molecule has 6 nitrogen and oxygen atoms in total. The molecule has 0 radical (unpaired) electrons. The lowest BCUT2D eigenvalue weighted by molar-refractivity contribution is -0.119. The molecule has 0 atom stereocenters. The Hall–Kier alpha value is -3.02. The summed E-state index contributed by atoms with van der Waals surface area (Å²) in [4.78, 5) is 23.9. The van der Waals surface area contributed by atoms with E-state index in [-0.39, 0.29) is 11.3 Å². The number of hydrogen-bond acceptors (Lipinski definition) is 5. The van der Waals surface area contributed by atoms with E-state index in [1.54, 1.807) is 0 Å². The van der Waals surface area contributed by atoms with Crippen molar-refractivity contribution >= 4 is 17.6 Å². The van der Waals surface area contributed by atoms with Gasteiger partial charge in [-0.2, -0.15) is 0 Å². The van der Waals surface area contributed by atoms with E-state index in [2.05, 4.69) is 19.2 Å². The van der Waals surface area contributed by atoms with E-state index < -0.39 is 24.2 Å². The molecule has 0 spiro atoms. The topological polar surface area (TPSA) is 95.9 Å². The van der Waals surface area contributed by atoms with Crippen LogP contribution in [-0.4, -0.2) is 28.7 Å². The number of esters is 1. The predicted molar refractivity (Wildman–Crippen MR) is 94.0 cm³/mol. The monoisotopic (exact) mass is 343 g/mol. The van der Waals surface area contributed by atoms with Crippen molar-refractivity contribution in [3.8, 4) is 11.5 Å². The minimum absolute atomic E-state index is 0.122. The van der Waals surface area contributed by atoms with Crippen LogP contribution in [0.15, 0.2) is 36.4 Å². The Labute approximate surface area is 146 Å². The Morgan fingerprint density at radius 2 is 1.84 bits per heavy atom. The molecule has 2 aromatic carbocycles. The Balaban J connectivity index is 1.99. The van der Waals surface area contributed by atoms with Crippen LogP contribution in [0.2, 0.25) is 0 Å². The van der Waals surface area contributed by atoms with Crippen molar-refractivity contribution in [2.45, 2.75) is 26.7 Å². The van der Waals surface area contributed by atoms with Gasteiger partial charge in [0.1, 0.15) is 17.1 Å². The lowest BCUT2D eigenvalue weighted by Gasteiger charge is -2.13. The normalized spacial score (nSPS) is 10.6. The Morgan fingerprint density at radius 3 is 2.48 bits per heavy atom. The molecule has 0 heterocycles. The maximum absolute atomic E-state index is 12.0. The van der Waals surface area contributed by atoms with E-state index in [1.165, 1.54) is 12.1 Å². The highest BCUT2D eigenvalue weighted by molar-refractivity contribution is 5.97. The van der Waals surface area contributed by atoms with E-state index in [4.69, 9.17) is 4.74 Å². The summed E-state index contributed by atoms with van der Waals surface area (Å²) < 4.78 is 4.91. The lowest BCUT2D eigenvalue weighted by atomic mass is 10.0. The summed E-state index contributed by atoms with van der Waals surface area (Å²) in [6.07, 6.45) is 0. The molecule has 1 amide bonds. The van der Waals surface area contributed by atoms with Crippen LogP contribution in [0.25, 0.3) is 0 Å². The van der Waals surface area contributed by atoms with E-state index in [0.29, 0.717) is 11.6 Å². The van der Waals surface area contributed by atoms with Gasteiger partial charge in [-0.05, 0) is 42.2 Å². The highest BCUT2D eigenvalue weighted by Gasteiger charge is 2.15. The zero-order valence-electron chi connectivity index (χ0n) is 14.4. The largest absolute Gasteiger partial charge is 0.508 e. The maximum Gasteiger partial charge on any atom is 0.342 e. The number of benzene rings is 2. The number of phenolic OH excluding ortho intramolecular Hbond substituents is 2. The van der Waals surface area contributed by atoms with E-state index in [1.807, 2.05) is 25.1 Å². The third kappa shape index (κ3) is 4.73. The second-order valence-corrected chi connectivity index (χ2v) is 6.05. The molecule has 0 aliphatic heterocycles. The fourth-order valence-corrected chi connectivity index (χ4v) is 2.22. The number of nitrogens with one attached hydrogen (secondary N) is 1. The average Bonchev–Trinajstić information content (AvgIpc) is 2.54. The molecule has 132 valence electrons. The summed E-state index contributed by atoms with van der Waals surface area (Å²) in [6, 6.07) is 9.32. The molecular formula is C19H21NO5. The van der Waals surface area contributed by atoms with Crippen molar-refractivity contribution in [2.24, 2.45) is 0 Å². The molecule has 3 N–H and O–H groups in total. The Kier molecular flexibility index (Phi) is 5.64. The molecule has 0 saturated carbocycles. The summed E-state index contributed by atoms with van der Waals surface area (Å²) in [7, 11) is 0. The van der Waals surface area contributed by atoms with Gasteiger partial charge in [0.25, 0.3) is 5.91 Å². The fourth-order valence-electron chi connectivity index (χ4n) is 2.22. The van der Waals surface area contributed by atoms with Crippen LogP contribution in [0.3, 0.4) is 0 Å². The van der Waals surface area contributed by atoms with Gasteiger partial charge in [0.2, 0.25) is 0 Å². The van der Waals surface area contributed by atoms with Gasteiger partial charge in [0.05, 0.1) is 0 Å². The van der Waals surface area contributed by atoms with E-state index in [0.717, 1.165) is 17.2 Å². The minimum atomic E-state index is -0.847. The van der Waals surface area contributed by atoms with Gasteiger partial charge in [-0.1, -0.05) is 26.0 Å². The number of aromatic hydroxyl groups is 2. The van der Waals surface area contributed by atoms with Crippen LogP contribution in [-0.2, 0) is 9.53 Å². The smallest absolute Gasteiger partial charge is 0.342 e. The number of phenols is 2. The van der Waals surface area contributed by atoms with Gasteiger partial charge in [-0.15, -0.1) is 0 Å². The zero-order valence-corrected chi connectivity index (χ0v) is 14.4. The highest BCUT2D eigenvalue weighted by Crippen LogP contribution is 2.24. The van der Waals surface area contributed by atoms with Gasteiger partial charge < -0.3 is 20.3 Å². The van der Waals surface area contributed by atoms with Gasteiger partial charge in [-0.25, -0.2) is 4.79 Å². The molecule has 0 aromatic heterocycles. The van der Waals surface area contributed by atoms with Crippen LogP contribution in [0.1, 0.15) is 41.3 Å². The number of ether oxygens (including phenoxy) is 1. The van der Waals surface area contributed by atoms with Crippen LogP contribution >= 0.6 is 0 Å². The van der Waals surface area contributed by atoms with Gasteiger partial charge >= 0.3 is 5.97 Å². The lowest BCUT2D eigenvalue weighted by Crippen LogP contribution is -2.21. The SMILES string of the molecule is Cc1ccc(C(C)C)cc1NC(=O)COC(=O)c1ccc(O)cc1O. The average molecular weight is 343 g/mol. The molecule has 6 heteroatoms. The van der Waals surface area contributed by atoms with Crippen LogP contribution in [0, 0.1) is 6.92 Å². The highest BCUT2D eigenvalue weighted by atomic mass is 16.5. The summed E-state index contributed by atoms with van der Waals surface area (Å²) in [6.45, 7) is 5.51. The van der Waals surface area contributed by atoms with Crippen LogP contribution < -0.4 is 5.32 Å². The van der Waals surface area contributed by atoms with Crippen LogP contribution in [0.4, 0.5) is 5.69 Å². The number of hydrogen-bond donors (Lipinski definition) is 3. The van der Waals surface area contributed by atoms with E-state index in [9.17, 15) is 19.8 Å². The molecule has 0 bridgehead atoms. The molecule has 0 aliphatic carbocycles. The van der Waals surface area contributed by atoms with Crippen molar-refractivity contribution in [2.75, 3.05) is 11.9 Å². The summed E-state index contributed by atoms with van der Waals surface area (Å²) >= 11 is 0. The summed E-state index contributed by atoms with van der Waals surface area (Å²) in [5, 5.41) is 21.5. The predicted octanol–water partition coefficient (Wildman–Crippen LogP) is 3.33. The van der Waals surface area contributed by atoms with Gasteiger partial charge in [0.15, 0.2) is 6.61 Å². The second kappa shape index (κ2) is 7.70. The Morgan fingerprint density at radius 1 is 1.12 bits per heavy atom. The van der Waals surface area contributed by atoms with Crippen molar-refractivity contribution in [3.05, 3.63) is 53.1 Å². The number of carbonyl (C=O) groups is 2. The molecule has 25 heavy (non-hydrogen) atoms. The molecule has 0 fully saturated rings. The second-order valence-electron chi connectivity index (χ2n) is 6.05. The van der Waals surface area contributed by atoms with Crippen LogP contribution in [0.5, 0.6) is 11.5 Å². The standard InChI is InChI=1S/C19H21NO5/c1-11(2)13-5-4-12(3)16(8-13)20-18(23)10-25-19(24)15-7-6-14(21)9-17(15)22/h4-9,11,21-22H,10H2,1-3H3,(H,20,23). The maximum atomic E-state index is 12.0. The van der Waals surface area contributed by atoms with Crippen molar-refractivity contribution in [1.82, 2.24) is 0 Å². The van der Waals surface area contributed by atoms with Gasteiger partial charge in [0, 0.05) is 11.8 Å². The third-order valence-corrected chi connectivity index (χ3v) is 3.74. The first kappa shape index (κ1) is 18.3. The quantitative estimate of drug-likeness (QED) is 0.724. The number of carbonyl (C=O) groups excluding carboxylic acids is 2. The summed E-state index contributed by atoms with van der Waals surface area (Å²) in [5.41, 5.74) is 2.54. The molecular weight excluding hydrogens is 322 g/mol. The zero-order chi connectivity index (χ0) is 18.6. The minimum Gasteiger partial charge on any atom is -0.508 e. The third-order valence-electron chi connectivity index (χ3n) is 3.74. The molecule has 0 aliphatic rings. The van der Waals surface area contributed by atoms with E-state index >= 15 is 0 Å². The van der Waals surface area contributed by atoms with Crippen molar-refractivity contribution < 1.29 is 24.5 Å². The first-order valence-electron chi connectivity index (χ1n) is 7.87. The Bertz CT molecular complexity index is 798. The van der Waals surface area contributed by atoms with Crippen molar-refractivity contribution in [3.63, 3.8) is 0 Å². The summed E-state index contributed by atoms with van der Waals surface area (Å²) in [5.74, 6) is -1.58.